The number of anilines is 1. The third-order valence-electron chi connectivity index (χ3n) is 4.45. The lowest BCUT2D eigenvalue weighted by Gasteiger charge is -2.20. The monoisotopic (exact) mass is 357 g/mol. The average Bonchev–Trinajstić information content (AvgIpc) is 3.07. The van der Waals surface area contributed by atoms with Crippen molar-refractivity contribution in [3.05, 3.63) is 29.3 Å². The second kappa shape index (κ2) is 6.36. The summed E-state index contributed by atoms with van der Waals surface area (Å²) in [5, 5.41) is 4.82. The van der Waals surface area contributed by atoms with Crippen LogP contribution in [0.15, 0.2) is 23.3 Å². The van der Waals surface area contributed by atoms with E-state index in [1.165, 1.54) is 6.92 Å². The zero-order chi connectivity index (χ0) is 19.2. The van der Waals surface area contributed by atoms with Crippen molar-refractivity contribution in [1.29, 1.82) is 0 Å². The predicted molar refractivity (Wildman–Crippen MR) is 92.3 cm³/mol. The van der Waals surface area contributed by atoms with Crippen LogP contribution in [-0.4, -0.2) is 47.1 Å². The van der Waals surface area contributed by atoms with Gasteiger partial charge >= 0.3 is 5.97 Å². The van der Waals surface area contributed by atoms with Crippen molar-refractivity contribution in [3.63, 3.8) is 0 Å². The molecule has 0 aliphatic carbocycles. The number of rotatable bonds is 3. The molecule has 0 saturated carbocycles. The van der Waals surface area contributed by atoms with E-state index in [0.717, 1.165) is 21.0 Å². The lowest BCUT2D eigenvalue weighted by Crippen LogP contribution is -2.41. The fourth-order valence-electron chi connectivity index (χ4n) is 3.34. The van der Waals surface area contributed by atoms with Crippen LogP contribution in [0.2, 0.25) is 0 Å². The zero-order valence-electron chi connectivity index (χ0n) is 15.0. The number of nitrogens with zero attached hydrogens (tertiary/aromatic N) is 3. The lowest BCUT2D eigenvalue weighted by atomic mass is 9.98. The summed E-state index contributed by atoms with van der Waals surface area (Å²) in [7, 11) is 0. The molecule has 136 valence electrons. The van der Waals surface area contributed by atoms with Gasteiger partial charge in [-0.1, -0.05) is 17.7 Å². The van der Waals surface area contributed by atoms with Crippen LogP contribution in [0, 0.1) is 19.8 Å². The van der Waals surface area contributed by atoms with Gasteiger partial charge in [0.15, 0.2) is 11.8 Å². The van der Waals surface area contributed by atoms with Crippen molar-refractivity contribution in [2.24, 2.45) is 11.0 Å². The van der Waals surface area contributed by atoms with Gasteiger partial charge in [0.25, 0.3) is 5.91 Å². The number of hydrazone groups is 1. The van der Waals surface area contributed by atoms with Gasteiger partial charge in [-0.3, -0.25) is 14.4 Å². The fraction of sp³-hybridized carbons (Fsp3) is 0.389. The maximum absolute atomic E-state index is 13.0. The molecule has 1 aromatic rings. The first kappa shape index (κ1) is 17.8. The number of carbonyl (C=O) groups excluding carboxylic acids is 4. The molecule has 1 aromatic carbocycles. The van der Waals surface area contributed by atoms with E-state index in [-0.39, 0.29) is 12.3 Å². The molecule has 26 heavy (non-hydrogen) atoms. The number of benzene rings is 1. The Balaban J connectivity index is 2.06. The molecule has 0 spiro atoms. The molecular formula is C18H19N3O5. The summed E-state index contributed by atoms with van der Waals surface area (Å²) in [4.78, 5) is 51.1. The minimum atomic E-state index is -1.15. The molecule has 0 N–H and O–H groups in total. The van der Waals surface area contributed by atoms with E-state index in [2.05, 4.69) is 5.10 Å². The average molecular weight is 357 g/mol. The van der Waals surface area contributed by atoms with Crippen molar-refractivity contribution in [2.75, 3.05) is 11.5 Å². The molecule has 2 aliphatic rings. The molecule has 2 unspecified atom stereocenters. The van der Waals surface area contributed by atoms with Crippen LogP contribution in [-0.2, 0) is 23.9 Å². The number of hydrogen-bond donors (Lipinski definition) is 0. The lowest BCUT2D eigenvalue weighted by molar-refractivity contribution is -0.136. The summed E-state index contributed by atoms with van der Waals surface area (Å²) in [6, 6.07) is 4.17. The molecule has 2 aliphatic heterocycles. The Morgan fingerprint density at radius 3 is 2.46 bits per heavy atom. The van der Waals surface area contributed by atoms with Gasteiger partial charge in [-0.05, 0) is 32.4 Å². The highest BCUT2D eigenvalue weighted by Crippen LogP contribution is 2.36. The number of fused-ring (bicyclic) bond motifs is 1. The van der Waals surface area contributed by atoms with E-state index < -0.39 is 35.7 Å². The van der Waals surface area contributed by atoms with Gasteiger partial charge in [0, 0.05) is 6.92 Å². The Morgan fingerprint density at radius 2 is 1.88 bits per heavy atom. The third-order valence-corrected chi connectivity index (χ3v) is 4.45. The molecule has 1 saturated heterocycles. The molecular weight excluding hydrogens is 338 g/mol. The topological polar surface area (TPSA) is 96.3 Å². The Bertz CT molecular complexity index is 860. The van der Waals surface area contributed by atoms with Crippen molar-refractivity contribution in [2.45, 2.75) is 33.7 Å². The highest BCUT2D eigenvalue weighted by molar-refractivity contribution is 6.47. The number of ether oxygens (including phenoxy) is 1. The van der Waals surface area contributed by atoms with E-state index >= 15 is 0 Å². The Morgan fingerprint density at radius 1 is 1.19 bits per heavy atom. The smallest absolute Gasteiger partial charge is 0.355 e. The first-order valence-electron chi connectivity index (χ1n) is 8.28. The Hall–Kier alpha value is -3.03. The van der Waals surface area contributed by atoms with E-state index in [0.29, 0.717) is 5.69 Å². The number of imide groups is 1. The second-order valence-electron chi connectivity index (χ2n) is 6.29. The fourth-order valence-corrected chi connectivity index (χ4v) is 3.34. The normalized spacial score (nSPS) is 21.8. The summed E-state index contributed by atoms with van der Waals surface area (Å²) < 4.78 is 4.94. The van der Waals surface area contributed by atoms with Gasteiger partial charge in [-0.15, -0.1) is 0 Å². The Labute approximate surface area is 150 Å². The Kier molecular flexibility index (Phi) is 4.35. The quantitative estimate of drug-likeness (QED) is 0.593. The SMILES string of the molecule is CCOC(=O)C1=NN(C(C)=O)C2C(=O)N(c3ccc(C)cc3C)C(=O)C12. The summed E-state index contributed by atoms with van der Waals surface area (Å²) >= 11 is 0. The van der Waals surface area contributed by atoms with E-state index in [4.69, 9.17) is 4.74 Å². The van der Waals surface area contributed by atoms with Gasteiger partial charge in [0.2, 0.25) is 11.8 Å². The van der Waals surface area contributed by atoms with Crippen LogP contribution >= 0.6 is 0 Å². The first-order valence-corrected chi connectivity index (χ1v) is 8.28. The van der Waals surface area contributed by atoms with Gasteiger partial charge in [-0.25, -0.2) is 14.7 Å². The first-order chi connectivity index (χ1) is 12.3. The molecule has 8 nitrogen and oxygen atoms in total. The van der Waals surface area contributed by atoms with E-state index in [9.17, 15) is 19.2 Å². The minimum Gasteiger partial charge on any atom is -0.461 e. The van der Waals surface area contributed by atoms with Gasteiger partial charge in [-0.2, -0.15) is 5.10 Å². The molecule has 2 heterocycles. The molecule has 0 aromatic heterocycles. The highest BCUT2D eigenvalue weighted by atomic mass is 16.5. The van der Waals surface area contributed by atoms with Crippen LogP contribution in [0.3, 0.4) is 0 Å². The summed E-state index contributed by atoms with van der Waals surface area (Å²) in [5.74, 6) is -3.63. The molecule has 8 heteroatoms. The molecule has 1 fully saturated rings. The number of esters is 1. The number of amides is 3. The van der Waals surface area contributed by atoms with Crippen molar-refractivity contribution < 1.29 is 23.9 Å². The van der Waals surface area contributed by atoms with Crippen LogP contribution < -0.4 is 4.90 Å². The summed E-state index contributed by atoms with van der Waals surface area (Å²) in [6.07, 6.45) is 0. The maximum Gasteiger partial charge on any atom is 0.355 e. The van der Waals surface area contributed by atoms with Crippen LogP contribution in [0.4, 0.5) is 5.69 Å². The van der Waals surface area contributed by atoms with Crippen LogP contribution in [0.25, 0.3) is 0 Å². The van der Waals surface area contributed by atoms with E-state index in [1.54, 1.807) is 26.0 Å². The van der Waals surface area contributed by atoms with Gasteiger partial charge in [0.05, 0.1) is 12.3 Å². The molecule has 3 rings (SSSR count). The largest absolute Gasteiger partial charge is 0.461 e. The third kappa shape index (κ3) is 2.58. The molecule has 3 amide bonds. The zero-order valence-corrected chi connectivity index (χ0v) is 15.0. The molecule has 0 radical (unpaired) electrons. The van der Waals surface area contributed by atoms with Crippen molar-refractivity contribution in [3.8, 4) is 0 Å². The second-order valence-corrected chi connectivity index (χ2v) is 6.29. The van der Waals surface area contributed by atoms with E-state index in [1.807, 2.05) is 13.0 Å². The maximum atomic E-state index is 13.0. The minimum absolute atomic E-state index is 0.0955. The van der Waals surface area contributed by atoms with Crippen LogP contribution in [0.1, 0.15) is 25.0 Å². The van der Waals surface area contributed by atoms with Gasteiger partial charge < -0.3 is 4.74 Å². The molecule has 2 atom stereocenters. The number of carbonyl (C=O) groups is 4. The van der Waals surface area contributed by atoms with Crippen molar-refractivity contribution >= 4 is 35.1 Å². The molecule has 0 bridgehead atoms. The number of hydrogen-bond acceptors (Lipinski definition) is 6. The highest BCUT2D eigenvalue weighted by Gasteiger charge is 2.59. The van der Waals surface area contributed by atoms with Crippen molar-refractivity contribution in [1.82, 2.24) is 5.01 Å². The number of aryl methyl sites for hydroxylation is 2. The van der Waals surface area contributed by atoms with Gasteiger partial charge in [0.1, 0.15) is 5.92 Å². The standard InChI is InChI=1S/C18H19N3O5/c1-5-26-18(25)14-13-15(21(19-14)11(4)22)17(24)20(16(13)23)12-7-6-9(2)8-10(12)3/h6-8,13,15H,5H2,1-4H3. The summed E-state index contributed by atoms with van der Waals surface area (Å²) in [6.45, 7) is 6.64. The van der Waals surface area contributed by atoms with Crippen LogP contribution in [0.5, 0.6) is 0 Å². The summed E-state index contributed by atoms with van der Waals surface area (Å²) in [5.41, 5.74) is 1.96. The predicted octanol–water partition coefficient (Wildman–Crippen LogP) is 0.943.